The number of carbonyl (C=O) groups is 1. The number of amides is 1. The summed E-state index contributed by atoms with van der Waals surface area (Å²) < 4.78 is 38.7. The van der Waals surface area contributed by atoms with Gasteiger partial charge in [0, 0.05) is 29.9 Å². The van der Waals surface area contributed by atoms with Gasteiger partial charge in [-0.1, -0.05) is 0 Å². The molecule has 0 saturated heterocycles. The summed E-state index contributed by atoms with van der Waals surface area (Å²) in [5, 5.41) is 7.44. The van der Waals surface area contributed by atoms with Crippen molar-refractivity contribution in [2.24, 2.45) is 0 Å². The van der Waals surface area contributed by atoms with Gasteiger partial charge in [0.15, 0.2) is 0 Å². The normalized spacial score (nSPS) is 11.2. The van der Waals surface area contributed by atoms with Gasteiger partial charge in [-0.25, -0.2) is 4.98 Å². The standard InChI is InChI=1S/C13H12F3N3OS/c1-17-10-3-2-8(6-9(10)13(14,15)16)12(20)19-7-11-18-4-5-21-11/h2-6,17H,7H2,1H3,(H,19,20). The van der Waals surface area contributed by atoms with E-state index in [9.17, 15) is 18.0 Å². The van der Waals surface area contributed by atoms with Gasteiger partial charge >= 0.3 is 6.18 Å². The Labute approximate surface area is 123 Å². The third-order valence-corrected chi connectivity index (χ3v) is 3.52. The highest BCUT2D eigenvalue weighted by Crippen LogP contribution is 2.35. The fourth-order valence-corrected chi connectivity index (χ4v) is 2.29. The van der Waals surface area contributed by atoms with E-state index in [1.54, 1.807) is 11.6 Å². The summed E-state index contributed by atoms with van der Waals surface area (Å²) in [5.41, 5.74) is -0.983. The Morgan fingerprint density at radius 2 is 2.14 bits per heavy atom. The van der Waals surface area contributed by atoms with Crippen LogP contribution in [0.1, 0.15) is 20.9 Å². The molecule has 0 radical (unpaired) electrons. The van der Waals surface area contributed by atoms with Crippen LogP contribution in [0.15, 0.2) is 29.8 Å². The van der Waals surface area contributed by atoms with Crippen molar-refractivity contribution >= 4 is 22.9 Å². The molecule has 0 spiro atoms. The van der Waals surface area contributed by atoms with Crippen LogP contribution in [0.4, 0.5) is 18.9 Å². The number of thiazole rings is 1. The van der Waals surface area contributed by atoms with Crippen LogP contribution >= 0.6 is 11.3 Å². The number of aromatic nitrogens is 1. The maximum absolute atomic E-state index is 12.9. The zero-order valence-electron chi connectivity index (χ0n) is 11.0. The highest BCUT2D eigenvalue weighted by atomic mass is 32.1. The monoisotopic (exact) mass is 315 g/mol. The zero-order valence-corrected chi connectivity index (χ0v) is 11.8. The number of nitrogens with zero attached hydrogens (tertiary/aromatic N) is 1. The molecule has 2 N–H and O–H groups in total. The van der Waals surface area contributed by atoms with E-state index in [0.29, 0.717) is 5.01 Å². The minimum absolute atomic E-state index is 0.0436. The molecule has 0 aliphatic carbocycles. The van der Waals surface area contributed by atoms with Gasteiger partial charge in [0.05, 0.1) is 12.1 Å². The van der Waals surface area contributed by atoms with Gasteiger partial charge in [-0.15, -0.1) is 11.3 Å². The number of hydrogen-bond donors (Lipinski definition) is 2. The van der Waals surface area contributed by atoms with E-state index < -0.39 is 17.6 Å². The van der Waals surface area contributed by atoms with Crippen LogP contribution in [0.25, 0.3) is 0 Å². The van der Waals surface area contributed by atoms with Crippen molar-refractivity contribution < 1.29 is 18.0 Å². The summed E-state index contributed by atoms with van der Waals surface area (Å²) in [4.78, 5) is 15.9. The third-order valence-electron chi connectivity index (χ3n) is 2.74. The van der Waals surface area contributed by atoms with Gasteiger partial charge < -0.3 is 10.6 Å². The van der Waals surface area contributed by atoms with Crippen LogP contribution in [-0.4, -0.2) is 17.9 Å². The number of rotatable bonds is 4. The first-order valence-electron chi connectivity index (χ1n) is 5.97. The summed E-state index contributed by atoms with van der Waals surface area (Å²) in [7, 11) is 1.40. The van der Waals surface area contributed by atoms with Crippen molar-refractivity contribution in [2.45, 2.75) is 12.7 Å². The molecule has 8 heteroatoms. The van der Waals surface area contributed by atoms with Crippen molar-refractivity contribution in [1.82, 2.24) is 10.3 Å². The average Bonchev–Trinajstić information content (AvgIpc) is 2.96. The predicted octanol–water partition coefficient (Wildman–Crippen LogP) is 3.13. The number of anilines is 1. The molecule has 0 aliphatic heterocycles. The zero-order chi connectivity index (χ0) is 15.5. The second kappa shape index (κ2) is 6.13. The molecule has 1 aromatic heterocycles. The van der Waals surface area contributed by atoms with Crippen LogP contribution in [0.3, 0.4) is 0 Å². The highest BCUT2D eigenvalue weighted by Gasteiger charge is 2.34. The molecule has 1 heterocycles. The summed E-state index contributed by atoms with van der Waals surface area (Å²) in [6, 6.07) is 3.42. The molecular weight excluding hydrogens is 303 g/mol. The quantitative estimate of drug-likeness (QED) is 0.911. The molecule has 1 aromatic carbocycles. The van der Waals surface area contributed by atoms with Crippen LogP contribution in [0.2, 0.25) is 0 Å². The van der Waals surface area contributed by atoms with E-state index >= 15 is 0 Å². The lowest BCUT2D eigenvalue weighted by Gasteiger charge is -2.14. The first-order valence-corrected chi connectivity index (χ1v) is 6.85. The second-order valence-corrected chi connectivity index (χ2v) is 5.10. The van der Waals surface area contributed by atoms with E-state index in [4.69, 9.17) is 0 Å². The molecule has 1 amide bonds. The van der Waals surface area contributed by atoms with Crippen molar-refractivity contribution in [3.8, 4) is 0 Å². The summed E-state index contributed by atoms with van der Waals surface area (Å²) >= 11 is 1.36. The largest absolute Gasteiger partial charge is 0.418 e. The molecule has 0 aliphatic rings. The molecule has 0 unspecified atom stereocenters. The molecule has 2 rings (SSSR count). The van der Waals surface area contributed by atoms with Crippen molar-refractivity contribution in [1.29, 1.82) is 0 Å². The number of halogens is 3. The van der Waals surface area contributed by atoms with Crippen LogP contribution in [0, 0.1) is 0 Å². The lowest BCUT2D eigenvalue weighted by molar-refractivity contribution is -0.136. The van der Waals surface area contributed by atoms with Crippen LogP contribution in [0.5, 0.6) is 0 Å². The van der Waals surface area contributed by atoms with E-state index in [1.165, 1.54) is 30.5 Å². The summed E-state index contributed by atoms with van der Waals surface area (Å²) in [6.45, 7) is 0.186. The Balaban J connectivity index is 2.17. The summed E-state index contributed by atoms with van der Waals surface area (Å²) in [6.07, 6.45) is -2.93. The van der Waals surface area contributed by atoms with Gasteiger partial charge in [-0.05, 0) is 18.2 Å². The Hall–Kier alpha value is -2.09. The molecule has 2 aromatic rings. The van der Waals surface area contributed by atoms with E-state index in [-0.39, 0.29) is 17.8 Å². The van der Waals surface area contributed by atoms with Crippen molar-refractivity contribution in [2.75, 3.05) is 12.4 Å². The van der Waals surface area contributed by atoms with Gasteiger partial charge in [-0.3, -0.25) is 4.79 Å². The SMILES string of the molecule is CNc1ccc(C(=O)NCc2nccs2)cc1C(F)(F)F. The smallest absolute Gasteiger partial charge is 0.388 e. The van der Waals surface area contributed by atoms with Crippen molar-refractivity contribution in [3.05, 3.63) is 45.9 Å². The molecule has 4 nitrogen and oxygen atoms in total. The fraction of sp³-hybridized carbons (Fsp3) is 0.231. The molecule has 21 heavy (non-hydrogen) atoms. The maximum Gasteiger partial charge on any atom is 0.418 e. The van der Waals surface area contributed by atoms with Crippen molar-refractivity contribution in [3.63, 3.8) is 0 Å². The maximum atomic E-state index is 12.9. The molecule has 0 saturated carbocycles. The van der Waals surface area contributed by atoms with Crippen LogP contribution in [-0.2, 0) is 12.7 Å². The van der Waals surface area contributed by atoms with Gasteiger partial charge in [0.2, 0.25) is 0 Å². The third kappa shape index (κ3) is 3.72. The van der Waals surface area contributed by atoms with Gasteiger partial charge in [0.1, 0.15) is 5.01 Å². The lowest BCUT2D eigenvalue weighted by atomic mass is 10.1. The number of benzene rings is 1. The number of nitrogens with one attached hydrogen (secondary N) is 2. The Morgan fingerprint density at radius 3 is 2.71 bits per heavy atom. The van der Waals surface area contributed by atoms with Gasteiger partial charge in [0.25, 0.3) is 5.91 Å². The Bertz CT molecular complexity index is 626. The highest BCUT2D eigenvalue weighted by molar-refractivity contribution is 7.09. The van der Waals surface area contributed by atoms with E-state index in [1.807, 2.05) is 0 Å². The summed E-state index contributed by atoms with van der Waals surface area (Å²) in [5.74, 6) is -0.571. The fourth-order valence-electron chi connectivity index (χ4n) is 1.74. The number of carbonyl (C=O) groups excluding carboxylic acids is 1. The lowest BCUT2D eigenvalue weighted by Crippen LogP contribution is -2.23. The van der Waals surface area contributed by atoms with E-state index in [2.05, 4.69) is 15.6 Å². The van der Waals surface area contributed by atoms with Gasteiger partial charge in [-0.2, -0.15) is 13.2 Å². The number of hydrogen-bond acceptors (Lipinski definition) is 4. The predicted molar refractivity (Wildman–Crippen MR) is 74.3 cm³/mol. The molecule has 112 valence electrons. The minimum Gasteiger partial charge on any atom is -0.388 e. The molecule has 0 fully saturated rings. The average molecular weight is 315 g/mol. The molecular formula is C13H12F3N3OS. The van der Waals surface area contributed by atoms with Crippen LogP contribution < -0.4 is 10.6 Å². The Morgan fingerprint density at radius 1 is 1.38 bits per heavy atom. The topological polar surface area (TPSA) is 54.0 Å². The minimum atomic E-state index is -4.52. The second-order valence-electron chi connectivity index (χ2n) is 4.12. The number of alkyl halides is 3. The van der Waals surface area contributed by atoms with E-state index in [0.717, 1.165) is 6.07 Å². The first-order chi connectivity index (χ1) is 9.91. The molecule has 0 bridgehead atoms. The Kier molecular flexibility index (Phi) is 4.46. The first kappa shape index (κ1) is 15.3. The molecule has 0 atom stereocenters.